The molecule has 0 aromatic rings. The Labute approximate surface area is 100 Å². The fourth-order valence-electron chi connectivity index (χ4n) is 0.932. The van der Waals surface area contributed by atoms with E-state index in [2.05, 4.69) is 10.1 Å². The summed E-state index contributed by atoms with van der Waals surface area (Å²) >= 11 is 5.25. The van der Waals surface area contributed by atoms with Gasteiger partial charge < -0.3 is 14.8 Å². The van der Waals surface area contributed by atoms with Crippen LogP contribution in [0.1, 0.15) is 34.1 Å². The molecule has 1 atom stereocenters. The topological polar surface area (TPSA) is 64.6 Å². The highest BCUT2D eigenvalue weighted by Crippen LogP contribution is 2.07. The largest absolute Gasteiger partial charge is 0.448 e. The summed E-state index contributed by atoms with van der Waals surface area (Å²) in [6.07, 6.45) is -0.236. The van der Waals surface area contributed by atoms with Gasteiger partial charge in [-0.05, 0) is 27.2 Å². The van der Waals surface area contributed by atoms with Crippen LogP contribution in [0.3, 0.4) is 0 Å². The standard InChI is InChI=1S/C10H18ClNO4/c1-5-7(8(13)15-6-11)12-9(14)16-10(2,3)4/h7H,5-6H2,1-4H3,(H,12,14). The Morgan fingerprint density at radius 2 is 1.94 bits per heavy atom. The number of hydrogen-bond acceptors (Lipinski definition) is 4. The molecule has 5 nitrogen and oxygen atoms in total. The van der Waals surface area contributed by atoms with E-state index in [9.17, 15) is 9.59 Å². The zero-order valence-corrected chi connectivity index (χ0v) is 10.8. The molecule has 0 saturated heterocycles. The minimum atomic E-state index is -0.728. The van der Waals surface area contributed by atoms with Crippen molar-refractivity contribution in [1.29, 1.82) is 0 Å². The summed E-state index contributed by atoms with van der Waals surface area (Å²) in [5, 5.41) is 2.41. The van der Waals surface area contributed by atoms with Crippen LogP contribution in [-0.2, 0) is 14.3 Å². The number of rotatable bonds is 4. The van der Waals surface area contributed by atoms with Gasteiger partial charge in [0.05, 0.1) is 0 Å². The first-order valence-electron chi connectivity index (χ1n) is 5.02. The van der Waals surface area contributed by atoms with Crippen molar-refractivity contribution < 1.29 is 19.1 Å². The maximum atomic E-state index is 11.4. The molecular weight excluding hydrogens is 234 g/mol. The van der Waals surface area contributed by atoms with E-state index >= 15 is 0 Å². The van der Waals surface area contributed by atoms with Gasteiger partial charge in [0.1, 0.15) is 11.6 Å². The van der Waals surface area contributed by atoms with E-state index in [4.69, 9.17) is 16.3 Å². The van der Waals surface area contributed by atoms with Gasteiger partial charge in [0.2, 0.25) is 0 Å². The Hall–Kier alpha value is -0.970. The van der Waals surface area contributed by atoms with Gasteiger partial charge in [0.15, 0.2) is 6.07 Å². The molecule has 0 aromatic carbocycles. The highest BCUT2D eigenvalue weighted by Gasteiger charge is 2.23. The highest BCUT2D eigenvalue weighted by molar-refractivity contribution is 6.17. The fourth-order valence-corrected chi connectivity index (χ4v) is 1.04. The smallest absolute Gasteiger partial charge is 0.408 e. The van der Waals surface area contributed by atoms with Crippen molar-refractivity contribution in [1.82, 2.24) is 5.32 Å². The third-order valence-electron chi connectivity index (χ3n) is 1.58. The lowest BCUT2D eigenvalue weighted by Gasteiger charge is -2.22. The highest BCUT2D eigenvalue weighted by atomic mass is 35.5. The molecule has 1 unspecified atom stereocenters. The second kappa shape index (κ2) is 6.58. The number of ether oxygens (including phenoxy) is 2. The number of nitrogens with one attached hydrogen (secondary N) is 1. The van der Waals surface area contributed by atoms with Crippen LogP contribution in [0.2, 0.25) is 0 Å². The third kappa shape index (κ3) is 6.50. The molecule has 0 bridgehead atoms. The van der Waals surface area contributed by atoms with Crippen LogP contribution < -0.4 is 5.32 Å². The van der Waals surface area contributed by atoms with Gasteiger partial charge in [0, 0.05) is 0 Å². The van der Waals surface area contributed by atoms with Gasteiger partial charge in [-0.25, -0.2) is 9.59 Å². The molecular formula is C10H18ClNO4. The second-order valence-electron chi connectivity index (χ2n) is 4.18. The lowest BCUT2D eigenvalue weighted by Crippen LogP contribution is -2.43. The number of alkyl carbamates (subject to hydrolysis) is 1. The van der Waals surface area contributed by atoms with E-state index in [1.165, 1.54) is 0 Å². The predicted octanol–water partition coefficient (Wildman–Crippen LogP) is 2.03. The summed E-state index contributed by atoms with van der Waals surface area (Å²) in [6, 6.07) is -0.959. The van der Waals surface area contributed by atoms with E-state index in [1.54, 1.807) is 27.7 Å². The van der Waals surface area contributed by atoms with Crippen LogP contribution in [0.5, 0.6) is 0 Å². The molecule has 1 N–H and O–H groups in total. The van der Waals surface area contributed by atoms with Gasteiger partial charge in [-0.2, -0.15) is 0 Å². The van der Waals surface area contributed by atoms with Gasteiger partial charge in [-0.15, -0.1) is 0 Å². The van der Waals surface area contributed by atoms with Crippen LogP contribution in [0.4, 0.5) is 4.79 Å². The van der Waals surface area contributed by atoms with Crippen molar-refractivity contribution in [3.63, 3.8) is 0 Å². The van der Waals surface area contributed by atoms with E-state index in [0.717, 1.165) is 0 Å². The first-order valence-corrected chi connectivity index (χ1v) is 5.55. The Morgan fingerprint density at radius 1 is 1.38 bits per heavy atom. The first-order chi connectivity index (χ1) is 7.30. The van der Waals surface area contributed by atoms with Crippen molar-refractivity contribution in [2.45, 2.75) is 45.8 Å². The number of amides is 1. The lowest BCUT2D eigenvalue weighted by atomic mass is 10.2. The number of alkyl halides is 1. The lowest BCUT2D eigenvalue weighted by molar-refractivity contribution is -0.144. The van der Waals surface area contributed by atoms with E-state index in [-0.39, 0.29) is 6.07 Å². The Balaban J connectivity index is 4.22. The van der Waals surface area contributed by atoms with Gasteiger partial charge in [-0.3, -0.25) is 0 Å². The molecule has 16 heavy (non-hydrogen) atoms. The van der Waals surface area contributed by atoms with Gasteiger partial charge in [0.25, 0.3) is 0 Å². The number of esters is 1. The van der Waals surface area contributed by atoms with E-state index < -0.39 is 23.7 Å². The average molecular weight is 252 g/mol. The van der Waals surface area contributed by atoms with Crippen LogP contribution in [0, 0.1) is 0 Å². The molecule has 0 fully saturated rings. The molecule has 0 radical (unpaired) electrons. The van der Waals surface area contributed by atoms with Crippen LogP contribution >= 0.6 is 11.6 Å². The molecule has 6 heteroatoms. The van der Waals surface area contributed by atoms with Crippen molar-refractivity contribution in [2.75, 3.05) is 6.07 Å². The molecule has 0 aliphatic carbocycles. The number of carbonyl (C=O) groups is 2. The summed E-state index contributed by atoms with van der Waals surface area (Å²) in [4.78, 5) is 22.7. The summed E-state index contributed by atoms with van der Waals surface area (Å²) in [6.45, 7) is 6.97. The molecule has 0 spiro atoms. The quantitative estimate of drug-likeness (QED) is 0.613. The minimum Gasteiger partial charge on any atom is -0.448 e. The predicted molar refractivity (Wildman–Crippen MR) is 60.3 cm³/mol. The van der Waals surface area contributed by atoms with Crippen LogP contribution in [0.15, 0.2) is 0 Å². The number of carbonyl (C=O) groups excluding carboxylic acids is 2. The average Bonchev–Trinajstić information content (AvgIpc) is 2.11. The summed E-state index contributed by atoms with van der Waals surface area (Å²) in [5.74, 6) is -0.566. The molecule has 0 aliphatic heterocycles. The monoisotopic (exact) mass is 251 g/mol. The van der Waals surface area contributed by atoms with Gasteiger partial charge in [-0.1, -0.05) is 18.5 Å². The summed E-state index contributed by atoms with van der Waals surface area (Å²) < 4.78 is 9.59. The Morgan fingerprint density at radius 3 is 2.31 bits per heavy atom. The van der Waals surface area contributed by atoms with Gasteiger partial charge >= 0.3 is 12.1 Å². The molecule has 94 valence electrons. The van der Waals surface area contributed by atoms with Crippen LogP contribution in [-0.4, -0.2) is 29.8 Å². The first kappa shape index (κ1) is 15.0. The molecule has 0 heterocycles. The minimum absolute atomic E-state index is 0.231. The number of halogens is 1. The van der Waals surface area contributed by atoms with E-state index in [0.29, 0.717) is 6.42 Å². The number of hydrogen-bond donors (Lipinski definition) is 1. The molecule has 1 amide bonds. The van der Waals surface area contributed by atoms with Crippen LogP contribution in [0.25, 0.3) is 0 Å². The maximum Gasteiger partial charge on any atom is 0.408 e. The van der Waals surface area contributed by atoms with E-state index in [1.807, 2.05) is 0 Å². The third-order valence-corrected chi connectivity index (χ3v) is 1.69. The zero-order valence-electron chi connectivity index (χ0n) is 10.0. The van der Waals surface area contributed by atoms with Crippen molar-refractivity contribution in [3.8, 4) is 0 Å². The summed E-state index contributed by atoms with van der Waals surface area (Å²) in [5.41, 5.74) is -0.598. The Kier molecular flexibility index (Phi) is 6.18. The fraction of sp³-hybridized carbons (Fsp3) is 0.800. The Bertz CT molecular complexity index is 250. The van der Waals surface area contributed by atoms with Crippen molar-refractivity contribution in [3.05, 3.63) is 0 Å². The molecule has 0 rings (SSSR count). The maximum absolute atomic E-state index is 11.4. The SMILES string of the molecule is CCC(NC(=O)OC(C)(C)C)C(=O)OCCl. The normalized spacial score (nSPS) is 12.8. The zero-order chi connectivity index (χ0) is 12.8. The summed E-state index contributed by atoms with van der Waals surface area (Å²) in [7, 11) is 0. The van der Waals surface area contributed by atoms with Crippen molar-refractivity contribution >= 4 is 23.7 Å². The molecule has 0 aromatic heterocycles. The molecule has 0 aliphatic rings. The molecule has 0 saturated carbocycles. The second-order valence-corrected chi connectivity index (χ2v) is 4.40. The van der Waals surface area contributed by atoms with Crippen molar-refractivity contribution in [2.24, 2.45) is 0 Å².